The van der Waals surface area contributed by atoms with Gasteiger partial charge >= 0.3 is 5.97 Å². The Morgan fingerprint density at radius 1 is 1.19 bits per heavy atom. The molecule has 5 nitrogen and oxygen atoms in total. The lowest BCUT2D eigenvalue weighted by molar-refractivity contribution is 0.0697. The minimum atomic E-state index is -1.07. The van der Waals surface area contributed by atoms with Crippen molar-refractivity contribution in [2.75, 3.05) is 11.1 Å². The van der Waals surface area contributed by atoms with Gasteiger partial charge in [0.1, 0.15) is 0 Å². The zero-order valence-corrected chi connectivity index (χ0v) is 12.8. The molecule has 0 aliphatic heterocycles. The van der Waals surface area contributed by atoms with Crippen LogP contribution in [0.3, 0.4) is 0 Å². The molecule has 2 aromatic rings. The molecule has 0 saturated carbocycles. The Balaban J connectivity index is 2.27. The summed E-state index contributed by atoms with van der Waals surface area (Å²) in [4.78, 5) is 23.1. The van der Waals surface area contributed by atoms with Gasteiger partial charge in [0.2, 0.25) is 0 Å². The van der Waals surface area contributed by atoms with Crippen molar-refractivity contribution in [1.82, 2.24) is 0 Å². The number of benzene rings is 2. The van der Waals surface area contributed by atoms with Gasteiger partial charge in [-0.05, 0) is 53.2 Å². The molecule has 0 heterocycles. The zero-order chi connectivity index (χ0) is 15.6. The van der Waals surface area contributed by atoms with Gasteiger partial charge in [0, 0.05) is 4.47 Å². The Hall–Kier alpha value is -2.34. The lowest BCUT2D eigenvalue weighted by atomic mass is 10.1. The molecule has 1 amide bonds. The average molecular weight is 349 g/mol. The van der Waals surface area contributed by atoms with Gasteiger partial charge in [-0.25, -0.2) is 4.79 Å². The van der Waals surface area contributed by atoms with Crippen molar-refractivity contribution >= 4 is 39.2 Å². The largest absolute Gasteiger partial charge is 0.478 e. The minimum Gasteiger partial charge on any atom is -0.478 e. The maximum absolute atomic E-state index is 12.2. The van der Waals surface area contributed by atoms with E-state index in [-0.39, 0.29) is 17.2 Å². The molecule has 0 fully saturated rings. The third kappa shape index (κ3) is 3.41. The number of rotatable bonds is 3. The second-order valence-electron chi connectivity index (χ2n) is 4.54. The number of aryl methyl sites for hydroxylation is 1. The van der Waals surface area contributed by atoms with E-state index in [9.17, 15) is 9.59 Å². The van der Waals surface area contributed by atoms with Gasteiger partial charge in [0.05, 0.1) is 22.5 Å². The van der Waals surface area contributed by atoms with Crippen molar-refractivity contribution < 1.29 is 14.7 Å². The van der Waals surface area contributed by atoms with Crippen LogP contribution in [-0.4, -0.2) is 17.0 Å². The summed E-state index contributed by atoms with van der Waals surface area (Å²) in [5.41, 5.74) is 7.85. The molecule has 0 aromatic heterocycles. The Labute approximate surface area is 129 Å². The lowest BCUT2D eigenvalue weighted by Crippen LogP contribution is -2.14. The Bertz CT molecular complexity index is 729. The Kier molecular flexibility index (Phi) is 4.28. The number of carbonyl (C=O) groups excluding carboxylic acids is 1. The maximum Gasteiger partial charge on any atom is 0.335 e. The number of carbonyl (C=O) groups is 2. The fourth-order valence-electron chi connectivity index (χ4n) is 1.81. The van der Waals surface area contributed by atoms with E-state index in [1.54, 1.807) is 12.1 Å². The number of nitrogen functional groups attached to an aromatic ring is 1. The fourth-order valence-corrected chi connectivity index (χ4v) is 2.24. The second kappa shape index (κ2) is 5.97. The van der Waals surface area contributed by atoms with Crippen LogP contribution in [0, 0.1) is 6.92 Å². The van der Waals surface area contributed by atoms with Crippen LogP contribution >= 0.6 is 15.9 Å². The van der Waals surface area contributed by atoms with E-state index < -0.39 is 5.97 Å². The van der Waals surface area contributed by atoms with E-state index in [1.807, 2.05) is 13.0 Å². The molecule has 21 heavy (non-hydrogen) atoms. The van der Waals surface area contributed by atoms with E-state index >= 15 is 0 Å². The van der Waals surface area contributed by atoms with Gasteiger partial charge in [-0.3, -0.25) is 4.79 Å². The lowest BCUT2D eigenvalue weighted by Gasteiger charge is -2.10. The second-order valence-corrected chi connectivity index (χ2v) is 5.40. The smallest absolute Gasteiger partial charge is 0.335 e. The summed E-state index contributed by atoms with van der Waals surface area (Å²) in [7, 11) is 0. The van der Waals surface area contributed by atoms with Crippen molar-refractivity contribution in [2.45, 2.75) is 6.92 Å². The highest BCUT2D eigenvalue weighted by Crippen LogP contribution is 2.23. The minimum absolute atomic E-state index is 0.0715. The summed E-state index contributed by atoms with van der Waals surface area (Å²) >= 11 is 3.32. The van der Waals surface area contributed by atoms with Crippen molar-refractivity contribution in [3.63, 3.8) is 0 Å². The van der Waals surface area contributed by atoms with Crippen molar-refractivity contribution in [3.8, 4) is 0 Å². The predicted octanol–water partition coefficient (Wildman–Crippen LogP) is 3.29. The molecule has 2 aromatic carbocycles. The molecule has 4 N–H and O–H groups in total. The summed E-state index contributed by atoms with van der Waals surface area (Å²) in [6.45, 7) is 1.89. The van der Waals surface area contributed by atoms with E-state index in [2.05, 4.69) is 21.2 Å². The predicted molar refractivity (Wildman–Crippen MR) is 84.6 cm³/mol. The molecular weight excluding hydrogens is 336 g/mol. The van der Waals surface area contributed by atoms with Crippen LogP contribution < -0.4 is 11.1 Å². The quantitative estimate of drug-likeness (QED) is 0.742. The van der Waals surface area contributed by atoms with Gasteiger partial charge in [-0.15, -0.1) is 0 Å². The molecule has 0 spiro atoms. The summed E-state index contributed by atoms with van der Waals surface area (Å²) in [6, 6.07) is 9.60. The number of anilines is 2. The number of hydrogen-bond donors (Lipinski definition) is 3. The molecular formula is C15H13BrN2O3. The third-order valence-electron chi connectivity index (χ3n) is 2.91. The first kappa shape index (κ1) is 15.1. The Morgan fingerprint density at radius 3 is 2.52 bits per heavy atom. The van der Waals surface area contributed by atoms with Crippen LogP contribution in [0.25, 0.3) is 0 Å². The molecule has 108 valence electrons. The monoisotopic (exact) mass is 348 g/mol. The highest BCUT2D eigenvalue weighted by molar-refractivity contribution is 9.10. The molecule has 0 bridgehead atoms. The van der Waals surface area contributed by atoms with Crippen LogP contribution in [-0.2, 0) is 0 Å². The summed E-state index contributed by atoms with van der Waals surface area (Å²) < 4.78 is 0.673. The maximum atomic E-state index is 12.2. The van der Waals surface area contributed by atoms with E-state index in [4.69, 9.17) is 10.8 Å². The molecule has 0 radical (unpaired) electrons. The van der Waals surface area contributed by atoms with Crippen LogP contribution in [0.5, 0.6) is 0 Å². The van der Waals surface area contributed by atoms with Crippen molar-refractivity contribution in [3.05, 3.63) is 57.6 Å². The summed E-state index contributed by atoms with van der Waals surface area (Å²) in [5.74, 6) is -1.39. The van der Waals surface area contributed by atoms with Crippen LogP contribution in [0.4, 0.5) is 11.4 Å². The van der Waals surface area contributed by atoms with Crippen LogP contribution in [0.15, 0.2) is 40.9 Å². The van der Waals surface area contributed by atoms with Gasteiger partial charge in [-0.1, -0.05) is 11.6 Å². The molecule has 0 unspecified atom stereocenters. The van der Waals surface area contributed by atoms with E-state index in [0.717, 1.165) is 5.56 Å². The van der Waals surface area contributed by atoms with Gasteiger partial charge in [-0.2, -0.15) is 0 Å². The Morgan fingerprint density at radius 2 is 1.90 bits per heavy atom. The van der Waals surface area contributed by atoms with Crippen LogP contribution in [0.1, 0.15) is 26.3 Å². The number of carboxylic acid groups (broad SMARTS) is 1. The number of nitrogens with one attached hydrogen (secondary N) is 1. The molecule has 0 saturated heterocycles. The molecule has 6 heteroatoms. The zero-order valence-electron chi connectivity index (χ0n) is 11.2. The van der Waals surface area contributed by atoms with Crippen molar-refractivity contribution in [1.29, 1.82) is 0 Å². The van der Waals surface area contributed by atoms with E-state index in [0.29, 0.717) is 15.7 Å². The highest BCUT2D eigenvalue weighted by Gasteiger charge is 2.13. The standard InChI is InChI=1S/C15H13BrN2O3/c1-8-2-4-11(16)10(6-8)14(19)18-13-5-3-9(15(20)21)7-12(13)17/h2-7H,17H2,1H3,(H,18,19)(H,20,21). The SMILES string of the molecule is Cc1ccc(Br)c(C(=O)Nc2ccc(C(=O)O)cc2N)c1. The van der Waals surface area contributed by atoms with Gasteiger partial charge in [0.25, 0.3) is 5.91 Å². The third-order valence-corrected chi connectivity index (χ3v) is 3.60. The first-order valence-corrected chi connectivity index (χ1v) is 6.88. The molecule has 0 aliphatic carbocycles. The normalized spacial score (nSPS) is 10.2. The fraction of sp³-hybridized carbons (Fsp3) is 0.0667. The average Bonchev–Trinajstić information content (AvgIpc) is 2.43. The molecule has 0 aliphatic rings. The first-order valence-electron chi connectivity index (χ1n) is 6.09. The summed E-state index contributed by atoms with van der Waals surface area (Å²) in [6.07, 6.45) is 0. The summed E-state index contributed by atoms with van der Waals surface area (Å²) in [5, 5.41) is 11.6. The number of hydrogen-bond acceptors (Lipinski definition) is 3. The number of nitrogens with two attached hydrogens (primary N) is 1. The van der Waals surface area contributed by atoms with Gasteiger partial charge < -0.3 is 16.2 Å². The number of amides is 1. The van der Waals surface area contributed by atoms with Crippen LogP contribution in [0.2, 0.25) is 0 Å². The van der Waals surface area contributed by atoms with Gasteiger partial charge in [0.15, 0.2) is 0 Å². The number of halogens is 1. The molecule has 0 atom stereocenters. The van der Waals surface area contributed by atoms with E-state index in [1.165, 1.54) is 18.2 Å². The molecule has 2 rings (SSSR count). The highest BCUT2D eigenvalue weighted by atomic mass is 79.9. The number of aromatic carboxylic acids is 1. The first-order chi connectivity index (χ1) is 9.88. The number of carboxylic acids is 1. The topological polar surface area (TPSA) is 92.4 Å². The van der Waals surface area contributed by atoms with Crippen molar-refractivity contribution in [2.24, 2.45) is 0 Å².